The molecule has 0 bridgehead atoms. The summed E-state index contributed by atoms with van der Waals surface area (Å²) in [5, 5.41) is 39.1. The molecular weight excluding hydrogens is 1510 g/mol. The van der Waals surface area contributed by atoms with Crippen LogP contribution in [0.15, 0.2) is 117 Å². The average Bonchev–Trinajstić information content (AvgIpc) is 1.64. The second-order valence-corrected chi connectivity index (χ2v) is 34.5. The number of hydrogen-bond acceptors (Lipinski definition) is 32. The Morgan fingerprint density at radius 2 is 0.815 bits per heavy atom. The van der Waals surface area contributed by atoms with Crippen LogP contribution in [-0.4, -0.2) is 241 Å². The number of methoxy groups -OCH3 is 10. The molecule has 3 saturated heterocycles. The Kier molecular flexibility index (Phi) is 28.2. The quantitative estimate of drug-likeness (QED) is 0.0529. The number of thioether (sulfide) groups is 1. The Morgan fingerprint density at radius 3 is 1.16 bits per heavy atom. The number of hydrogen-bond donors (Lipinski definition) is 2. The molecule has 0 amide bonds. The number of ether oxygens (including phenoxy) is 10. The highest BCUT2D eigenvalue weighted by molar-refractivity contribution is 7.99. The van der Waals surface area contributed by atoms with Crippen LogP contribution in [0, 0.1) is 0 Å². The predicted molar refractivity (Wildman–Crippen MR) is 405 cm³/mol. The van der Waals surface area contributed by atoms with E-state index < -0.39 is 57.7 Å². The van der Waals surface area contributed by atoms with Gasteiger partial charge in [0, 0.05) is 121 Å². The van der Waals surface area contributed by atoms with Crippen LogP contribution in [0.4, 0.5) is 0 Å². The number of oxime groups is 5. The fraction of sp³-hybridized carbons (Fsp3) is 0.514. The SMILES string of the molecule is COc1ccc(C2=NOC(CCOS(C)(=O)=O)(COS(C)(=O)=O)C2)cc1OC.COc1ccc(C2=NOC(CO)(CCO)C2)cc1OC.COc1ccc(C2=NOC3(CCS(=O)(=O)C3)C2)cc1OC.COc1ccc(C2=NOC3(CCS(=O)C3)C2)cc1OC.COc1ccc(C2=NOC3(CCSC3)C2)cc1OC. The molecule has 13 rings (SSSR count). The second-order valence-electron chi connectivity index (χ2n) is 26.4. The second kappa shape index (κ2) is 36.4. The lowest BCUT2D eigenvalue weighted by Crippen LogP contribution is -2.37. The molecule has 0 saturated carbocycles. The van der Waals surface area contributed by atoms with Crippen molar-refractivity contribution in [3.05, 3.63) is 119 Å². The minimum Gasteiger partial charge on any atom is -0.493 e. The molecule has 3 spiro atoms. The third kappa shape index (κ3) is 21.4. The van der Waals surface area contributed by atoms with Gasteiger partial charge >= 0.3 is 0 Å². The van der Waals surface area contributed by atoms with Crippen molar-refractivity contribution in [1.82, 2.24) is 0 Å². The number of aliphatic hydroxyl groups excluding tert-OH is 2. The molecule has 5 aromatic rings. The van der Waals surface area contributed by atoms with Crippen molar-refractivity contribution >= 4 is 81.2 Å². The highest BCUT2D eigenvalue weighted by atomic mass is 32.2. The van der Waals surface area contributed by atoms with Crippen LogP contribution < -0.4 is 47.4 Å². The van der Waals surface area contributed by atoms with Gasteiger partial charge in [-0.1, -0.05) is 25.8 Å². The van der Waals surface area contributed by atoms with Gasteiger partial charge in [0.1, 0.15) is 6.61 Å². The number of rotatable bonds is 25. The van der Waals surface area contributed by atoms with Crippen molar-refractivity contribution in [3.8, 4) is 57.5 Å². The first-order valence-electron chi connectivity index (χ1n) is 33.9. The number of benzene rings is 5. The summed E-state index contributed by atoms with van der Waals surface area (Å²) in [6.45, 7) is -0.789. The Labute approximate surface area is 636 Å². The van der Waals surface area contributed by atoms with Gasteiger partial charge in [-0.3, -0.25) is 12.6 Å². The summed E-state index contributed by atoms with van der Waals surface area (Å²) >= 11 is 1.94. The minimum absolute atomic E-state index is 0.0420. The van der Waals surface area contributed by atoms with E-state index in [0.29, 0.717) is 107 Å². The lowest BCUT2D eigenvalue weighted by molar-refractivity contribution is -0.0697. The fourth-order valence-corrected chi connectivity index (χ4v) is 18.4. The van der Waals surface area contributed by atoms with Crippen LogP contribution in [-0.2, 0) is 73.4 Å². The highest BCUT2D eigenvalue weighted by Gasteiger charge is 2.50. The molecule has 0 aromatic heterocycles. The van der Waals surface area contributed by atoms with Crippen molar-refractivity contribution in [2.24, 2.45) is 25.8 Å². The first-order chi connectivity index (χ1) is 51.5. The van der Waals surface area contributed by atoms with Gasteiger partial charge in [-0.25, -0.2) is 8.42 Å². The van der Waals surface area contributed by atoms with E-state index in [0.717, 1.165) is 94.2 Å². The Hall–Kier alpha value is -8.36. The van der Waals surface area contributed by atoms with Crippen LogP contribution >= 0.6 is 11.8 Å². The van der Waals surface area contributed by atoms with Crippen LogP contribution in [0.1, 0.15) is 92.0 Å². The topological polar surface area (TPSA) is 379 Å². The van der Waals surface area contributed by atoms with E-state index in [4.69, 9.17) is 85.0 Å². The summed E-state index contributed by atoms with van der Waals surface area (Å²) < 4.78 is 142. The molecule has 31 nitrogen and oxygen atoms in total. The van der Waals surface area contributed by atoms with E-state index in [1.807, 2.05) is 72.4 Å². The summed E-state index contributed by atoms with van der Waals surface area (Å²) in [5.74, 6) is 10.0. The van der Waals surface area contributed by atoms with E-state index in [-0.39, 0.29) is 62.0 Å². The van der Waals surface area contributed by atoms with Gasteiger partial charge in [0.15, 0.2) is 95.3 Å². The van der Waals surface area contributed by atoms with Gasteiger partial charge in [0.05, 0.1) is 143 Å². The monoisotopic (exact) mass is 1600 g/mol. The molecule has 0 radical (unpaired) electrons. The van der Waals surface area contributed by atoms with E-state index in [1.165, 1.54) is 14.2 Å². The summed E-state index contributed by atoms with van der Waals surface area (Å²) in [7, 11) is 4.63. The molecule has 8 aliphatic rings. The molecule has 592 valence electrons. The van der Waals surface area contributed by atoms with E-state index in [2.05, 4.69) is 25.8 Å². The normalized spacial score (nSPS) is 23.9. The zero-order valence-corrected chi connectivity index (χ0v) is 66.4. The molecule has 0 aliphatic carbocycles. The molecule has 6 unspecified atom stereocenters. The fourth-order valence-electron chi connectivity index (χ4n) is 12.7. The standard InChI is InChI=1S/C16H23NO9S2.C14H17NO5S.C14H19NO5.C14H17NO4S.C14H17NO3S/c1-22-14-6-5-12(9-15(14)23-2)13-10-16(26-17-13,11-25-28(4,20)21)7-8-24-27(3,18)19;1-18-12-4-3-10(7-13(12)19-2)11-8-14(20-15-11)5-6-21(16,17)9-14;1-18-12-4-3-10(7-13(12)19-2)11-8-14(9-17,5-6-16)20-15-11;1-17-12-4-3-10(7-13(12)18-2)11-8-14(19-15-11)5-6-20(16)9-14;1-16-12-4-3-10(7-13(12)17-2)11-8-14(18-15-11)5-6-19-9-14/h5-6,9H,7-8,10-11H2,1-4H3;3-4,7H,5-6,8-9H2,1-2H3;3-4,7,16-17H,5-6,8-9H2,1-2H3;3-4,7H,5-6,8-9H2,1-2H3;3-4,7H,5-6,8-9H2,1-2H3. The summed E-state index contributed by atoms with van der Waals surface area (Å²) in [6, 6.07) is 27.7. The summed E-state index contributed by atoms with van der Waals surface area (Å²) in [4.78, 5) is 27.6. The third-order valence-electron chi connectivity index (χ3n) is 18.7. The Bertz CT molecular complexity index is 4540. The predicted octanol–water partition coefficient (Wildman–Crippen LogP) is 7.66. The maximum Gasteiger partial charge on any atom is 0.264 e. The van der Waals surface area contributed by atoms with Crippen molar-refractivity contribution in [1.29, 1.82) is 0 Å². The zero-order valence-electron chi connectivity index (χ0n) is 62.3. The van der Waals surface area contributed by atoms with Crippen LogP contribution in [0.2, 0.25) is 0 Å². The molecule has 8 heterocycles. The van der Waals surface area contributed by atoms with Gasteiger partial charge in [-0.15, -0.1) is 0 Å². The minimum atomic E-state index is -3.73. The van der Waals surface area contributed by atoms with Gasteiger partial charge < -0.3 is 81.8 Å². The molecule has 8 aliphatic heterocycles. The van der Waals surface area contributed by atoms with Crippen molar-refractivity contribution in [3.63, 3.8) is 0 Å². The molecular formula is C72H93N5O26S5. The molecule has 2 N–H and O–H groups in total. The Balaban J connectivity index is 0.000000157. The molecule has 108 heavy (non-hydrogen) atoms. The molecule has 6 atom stereocenters. The molecule has 5 aromatic carbocycles. The Morgan fingerprint density at radius 1 is 0.454 bits per heavy atom. The first kappa shape index (κ1) is 83.7. The average molecular weight is 1600 g/mol. The highest BCUT2D eigenvalue weighted by Crippen LogP contribution is 2.43. The molecule has 3 fully saturated rings. The summed E-state index contributed by atoms with van der Waals surface area (Å²) in [6.07, 6.45) is 7.33. The van der Waals surface area contributed by atoms with Crippen molar-refractivity contribution in [2.75, 3.05) is 145 Å². The van der Waals surface area contributed by atoms with Gasteiger partial charge in [0.2, 0.25) is 0 Å². The number of aliphatic hydroxyl groups is 2. The number of nitrogens with zero attached hydrogens (tertiary/aromatic N) is 5. The number of sulfone groups is 1. The maximum absolute atomic E-state index is 11.7. The van der Waals surface area contributed by atoms with Gasteiger partial charge in [0.25, 0.3) is 20.2 Å². The zero-order chi connectivity index (χ0) is 78.1. The van der Waals surface area contributed by atoms with E-state index in [1.54, 1.807) is 87.2 Å². The lowest BCUT2D eigenvalue weighted by Gasteiger charge is -2.25. The third-order valence-corrected chi connectivity index (χ3v) is 24.3. The van der Waals surface area contributed by atoms with Crippen molar-refractivity contribution in [2.45, 2.75) is 92.2 Å². The maximum atomic E-state index is 11.7. The van der Waals surface area contributed by atoms with E-state index >= 15 is 0 Å². The first-order valence-corrected chi connectivity index (χ1v) is 42.0. The lowest BCUT2D eigenvalue weighted by atomic mass is 9.92. The van der Waals surface area contributed by atoms with Gasteiger partial charge in [-0.05, 0) is 96.7 Å². The van der Waals surface area contributed by atoms with Crippen molar-refractivity contribution < 1.29 is 120 Å². The largest absolute Gasteiger partial charge is 0.493 e. The van der Waals surface area contributed by atoms with E-state index in [9.17, 15) is 34.6 Å². The summed E-state index contributed by atoms with van der Waals surface area (Å²) in [5.41, 5.74) is 5.15. The van der Waals surface area contributed by atoms with Gasteiger partial charge in [-0.2, -0.15) is 28.6 Å². The van der Waals surface area contributed by atoms with Crippen LogP contribution in [0.3, 0.4) is 0 Å². The smallest absolute Gasteiger partial charge is 0.264 e. The van der Waals surface area contributed by atoms with Crippen LogP contribution in [0.5, 0.6) is 57.5 Å². The molecule has 36 heteroatoms. The van der Waals surface area contributed by atoms with Crippen LogP contribution in [0.25, 0.3) is 0 Å².